The Morgan fingerprint density at radius 3 is 2.55 bits per heavy atom. The van der Waals surface area contributed by atoms with Gasteiger partial charge in [0.25, 0.3) is 0 Å². The Morgan fingerprint density at radius 1 is 1.26 bits per heavy atom. The Bertz CT molecular complexity index is 1030. The van der Waals surface area contributed by atoms with Gasteiger partial charge in [0.1, 0.15) is 11.0 Å². The van der Waals surface area contributed by atoms with E-state index in [2.05, 4.69) is 10.3 Å². The Labute approximate surface area is 185 Å². The number of hydrogen-bond acceptors (Lipinski definition) is 5. The number of hydrogen-bond donors (Lipinski definition) is 1. The second kappa shape index (κ2) is 9.19. The van der Waals surface area contributed by atoms with E-state index in [0.29, 0.717) is 16.6 Å². The van der Waals surface area contributed by atoms with Gasteiger partial charge in [-0.2, -0.15) is 13.2 Å². The van der Waals surface area contributed by atoms with E-state index < -0.39 is 27.9 Å². The molecule has 1 aliphatic rings. The zero-order valence-electron chi connectivity index (χ0n) is 16.4. The molecular weight excluding hydrogens is 455 g/mol. The zero-order valence-corrected chi connectivity index (χ0v) is 17.9. The fraction of sp³-hybridized carbons (Fsp3) is 0.250. The Morgan fingerprint density at radius 2 is 1.94 bits per heavy atom. The fourth-order valence-corrected chi connectivity index (χ4v) is 4.00. The maximum Gasteiger partial charge on any atom is 0.417 e. The first-order valence-corrected chi connectivity index (χ1v) is 10.2. The van der Waals surface area contributed by atoms with Crippen LogP contribution in [0.25, 0.3) is 0 Å². The molecule has 6 nitrogen and oxygen atoms in total. The molecule has 1 atom stereocenters. The van der Waals surface area contributed by atoms with Gasteiger partial charge in [-0.1, -0.05) is 23.4 Å². The molecule has 0 aliphatic carbocycles. The van der Waals surface area contributed by atoms with Crippen LogP contribution in [0.1, 0.15) is 12.0 Å². The highest BCUT2D eigenvalue weighted by Crippen LogP contribution is 2.36. The lowest BCUT2D eigenvalue weighted by atomic mass is 10.2. The molecule has 164 valence electrons. The minimum Gasteiger partial charge on any atom is -0.497 e. The summed E-state index contributed by atoms with van der Waals surface area (Å²) in [6.07, 6.45) is -4.78. The van der Waals surface area contributed by atoms with Crippen molar-refractivity contribution in [3.05, 3.63) is 53.1 Å². The van der Waals surface area contributed by atoms with Crippen LogP contribution in [0.2, 0.25) is 5.02 Å². The van der Waals surface area contributed by atoms with Gasteiger partial charge in [0.05, 0.1) is 23.4 Å². The van der Waals surface area contributed by atoms with Gasteiger partial charge in [-0.25, -0.2) is 4.99 Å². The average molecular weight is 472 g/mol. The maximum atomic E-state index is 13.0. The maximum absolute atomic E-state index is 13.0. The molecule has 11 heteroatoms. The van der Waals surface area contributed by atoms with Crippen LogP contribution in [0.15, 0.2) is 47.5 Å². The van der Waals surface area contributed by atoms with Crippen LogP contribution in [0.3, 0.4) is 0 Å². The number of aliphatic imine (C=N–C) groups is 1. The van der Waals surface area contributed by atoms with Crippen LogP contribution in [0.5, 0.6) is 5.75 Å². The van der Waals surface area contributed by atoms with Gasteiger partial charge in [-0.05, 0) is 42.5 Å². The van der Waals surface area contributed by atoms with Crippen molar-refractivity contribution in [1.82, 2.24) is 4.90 Å². The summed E-state index contributed by atoms with van der Waals surface area (Å²) < 4.78 is 44.2. The highest BCUT2D eigenvalue weighted by Gasteiger charge is 2.36. The van der Waals surface area contributed by atoms with E-state index in [1.165, 1.54) is 18.1 Å². The Hall–Kier alpha value is -2.72. The number of amides is 2. The first-order chi connectivity index (χ1) is 14.6. The SMILES string of the molecule is COc1ccc(N=C2SC(C(=O)Nc3ccc(Cl)c(C(F)(F)F)c3)CC(=O)N2C)cc1. The smallest absolute Gasteiger partial charge is 0.417 e. The molecule has 3 rings (SSSR count). The van der Waals surface area contributed by atoms with Crippen LogP contribution in [0, 0.1) is 0 Å². The number of alkyl halides is 3. The molecule has 0 saturated carbocycles. The first kappa shape index (κ1) is 23.0. The van der Waals surface area contributed by atoms with Gasteiger partial charge in [0.15, 0.2) is 5.17 Å². The van der Waals surface area contributed by atoms with E-state index in [1.54, 1.807) is 31.3 Å². The lowest BCUT2D eigenvalue weighted by molar-refractivity contribution is -0.137. The molecule has 1 heterocycles. The van der Waals surface area contributed by atoms with Gasteiger partial charge in [0.2, 0.25) is 11.8 Å². The molecule has 1 saturated heterocycles. The third-order valence-electron chi connectivity index (χ3n) is 4.40. The number of amidine groups is 1. The molecule has 2 amide bonds. The summed E-state index contributed by atoms with van der Waals surface area (Å²) in [5, 5.41) is 1.40. The molecule has 1 unspecified atom stereocenters. The van der Waals surface area contributed by atoms with E-state index in [-0.39, 0.29) is 18.0 Å². The van der Waals surface area contributed by atoms with Crippen LogP contribution >= 0.6 is 23.4 Å². The van der Waals surface area contributed by atoms with E-state index in [0.717, 1.165) is 23.9 Å². The van der Waals surface area contributed by atoms with Crippen molar-refractivity contribution in [3.8, 4) is 5.75 Å². The Kier molecular flexibility index (Phi) is 6.80. The molecule has 2 aromatic rings. The highest BCUT2D eigenvalue weighted by molar-refractivity contribution is 8.15. The third kappa shape index (κ3) is 5.50. The van der Waals surface area contributed by atoms with Gasteiger partial charge < -0.3 is 10.1 Å². The number of benzene rings is 2. The van der Waals surface area contributed by atoms with Crippen molar-refractivity contribution >= 4 is 51.7 Å². The summed E-state index contributed by atoms with van der Waals surface area (Å²) in [6, 6.07) is 9.89. The fourth-order valence-electron chi connectivity index (χ4n) is 2.71. The van der Waals surface area contributed by atoms with Crippen molar-refractivity contribution in [1.29, 1.82) is 0 Å². The minimum atomic E-state index is -4.66. The predicted molar refractivity (Wildman–Crippen MR) is 114 cm³/mol. The molecule has 2 aromatic carbocycles. The van der Waals surface area contributed by atoms with Gasteiger partial charge in [-0.15, -0.1) is 0 Å². The number of rotatable bonds is 4. The molecule has 0 spiro atoms. The number of halogens is 4. The summed E-state index contributed by atoms with van der Waals surface area (Å²) in [4.78, 5) is 30.8. The second-order valence-electron chi connectivity index (χ2n) is 6.54. The molecule has 1 aliphatic heterocycles. The second-order valence-corrected chi connectivity index (χ2v) is 8.11. The summed E-state index contributed by atoms with van der Waals surface area (Å²) in [7, 11) is 3.08. The van der Waals surface area contributed by atoms with E-state index >= 15 is 0 Å². The quantitative estimate of drug-likeness (QED) is 0.684. The standard InChI is InChI=1S/C20H17ClF3N3O3S/c1-27-17(28)10-16(31-19(27)26-11-3-6-13(30-2)7-4-11)18(29)25-12-5-8-15(21)14(9-12)20(22,23)24/h3-9,16H,10H2,1-2H3,(H,25,29). The van der Waals surface area contributed by atoms with E-state index in [4.69, 9.17) is 16.3 Å². The lowest BCUT2D eigenvalue weighted by Gasteiger charge is -2.28. The molecular formula is C20H17ClF3N3O3S. The van der Waals surface area contributed by atoms with Crippen molar-refractivity contribution in [2.45, 2.75) is 17.8 Å². The van der Waals surface area contributed by atoms with Crippen LogP contribution in [-0.2, 0) is 15.8 Å². The summed E-state index contributed by atoms with van der Waals surface area (Å²) >= 11 is 6.66. The predicted octanol–water partition coefficient (Wildman–Crippen LogP) is 4.96. The molecule has 0 aromatic heterocycles. The average Bonchev–Trinajstić information content (AvgIpc) is 2.72. The number of ether oxygens (including phenoxy) is 1. The molecule has 1 fully saturated rings. The van der Waals surface area contributed by atoms with Crippen molar-refractivity contribution in [3.63, 3.8) is 0 Å². The van der Waals surface area contributed by atoms with Crippen LogP contribution in [0.4, 0.5) is 24.5 Å². The Balaban J connectivity index is 1.78. The number of methoxy groups -OCH3 is 1. The first-order valence-electron chi connectivity index (χ1n) is 8.92. The number of thioether (sulfide) groups is 1. The zero-order chi connectivity index (χ0) is 22.8. The normalized spacial score (nSPS) is 18.3. The molecule has 0 radical (unpaired) electrons. The minimum absolute atomic E-state index is 0.0673. The van der Waals surface area contributed by atoms with Gasteiger partial charge >= 0.3 is 6.18 Å². The summed E-state index contributed by atoms with van der Waals surface area (Å²) in [6.45, 7) is 0. The van der Waals surface area contributed by atoms with Crippen molar-refractivity contribution in [2.24, 2.45) is 4.99 Å². The van der Waals surface area contributed by atoms with Crippen LogP contribution < -0.4 is 10.1 Å². The number of carbonyl (C=O) groups is 2. The highest BCUT2D eigenvalue weighted by atomic mass is 35.5. The largest absolute Gasteiger partial charge is 0.497 e. The van der Waals surface area contributed by atoms with E-state index in [9.17, 15) is 22.8 Å². The number of nitrogens with one attached hydrogen (secondary N) is 1. The molecule has 0 bridgehead atoms. The number of carbonyl (C=O) groups excluding carboxylic acids is 2. The van der Waals surface area contributed by atoms with Crippen molar-refractivity contribution < 1.29 is 27.5 Å². The van der Waals surface area contributed by atoms with Crippen molar-refractivity contribution in [2.75, 3.05) is 19.5 Å². The lowest BCUT2D eigenvalue weighted by Crippen LogP contribution is -2.43. The summed E-state index contributed by atoms with van der Waals surface area (Å²) in [5.41, 5.74) is -0.570. The molecule has 1 N–H and O–H groups in total. The van der Waals surface area contributed by atoms with E-state index in [1.807, 2.05) is 0 Å². The van der Waals surface area contributed by atoms with Crippen LogP contribution in [-0.4, -0.2) is 41.3 Å². The third-order valence-corrected chi connectivity index (χ3v) is 5.97. The number of anilines is 1. The summed E-state index contributed by atoms with van der Waals surface area (Å²) in [5.74, 6) is -0.300. The van der Waals surface area contributed by atoms with Gasteiger partial charge in [0, 0.05) is 19.2 Å². The topological polar surface area (TPSA) is 71.0 Å². The monoisotopic (exact) mass is 471 g/mol. The van der Waals surface area contributed by atoms with Gasteiger partial charge in [-0.3, -0.25) is 14.5 Å². The number of nitrogens with zero attached hydrogens (tertiary/aromatic N) is 2. The molecule has 31 heavy (non-hydrogen) atoms.